The smallest absolute Gasteiger partial charge is 0.279 e. The number of nitrogens with zero attached hydrogens (tertiary/aromatic N) is 2. The van der Waals surface area contributed by atoms with Gasteiger partial charge in [-0.15, -0.1) is 12.8 Å². The molecule has 1 aliphatic heterocycles. The maximum atomic E-state index is 12.8. The van der Waals surface area contributed by atoms with Crippen molar-refractivity contribution in [2.24, 2.45) is 17.4 Å². The van der Waals surface area contributed by atoms with E-state index in [4.69, 9.17) is 44.8 Å². The van der Waals surface area contributed by atoms with Crippen LogP contribution in [-0.2, 0) is 23.9 Å². The van der Waals surface area contributed by atoms with E-state index >= 15 is 0 Å². The van der Waals surface area contributed by atoms with Gasteiger partial charge in [0.2, 0.25) is 5.91 Å². The number of thiocarbonyl (C=S) groups is 1. The van der Waals surface area contributed by atoms with Gasteiger partial charge < -0.3 is 41.4 Å². The minimum atomic E-state index is -0.639. The second-order valence-corrected chi connectivity index (χ2v) is 11.0. The van der Waals surface area contributed by atoms with Gasteiger partial charge in [-0.2, -0.15) is 0 Å². The van der Waals surface area contributed by atoms with E-state index in [9.17, 15) is 14.4 Å². The molecule has 1 aliphatic rings. The first-order chi connectivity index (χ1) is 20.8. The van der Waals surface area contributed by atoms with Crippen LogP contribution in [0.2, 0.25) is 0 Å². The first-order valence-electron chi connectivity index (χ1n) is 14.1. The Morgan fingerprint density at radius 1 is 1.11 bits per heavy atom. The molecule has 1 atom stereocenters. The normalized spacial score (nSPS) is 15.9. The first kappa shape index (κ1) is 42.9. The van der Waals surface area contributed by atoms with Crippen molar-refractivity contribution in [3.05, 3.63) is 46.3 Å². The van der Waals surface area contributed by atoms with Gasteiger partial charge in [0, 0.05) is 50.6 Å². The average molecular weight is 655 g/mol. The summed E-state index contributed by atoms with van der Waals surface area (Å²) in [7, 11) is 7.14. The number of nitrogens with one attached hydrogen (secondary N) is 2. The molecule has 1 heterocycles. The number of likely N-dealkylation sites (tertiary alicyclic amines) is 1. The minimum Gasteiger partial charge on any atom is -0.394 e. The van der Waals surface area contributed by atoms with Gasteiger partial charge in [-0.3, -0.25) is 14.4 Å². The number of methoxy groups -OCH3 is 2. The van der Waals surface area contributed by atoms with Crippen molar-refractivity contribution in [1.82, 2.24) is 20.4 Å². The van der Waals surface area contributed by atoms with Gasteiger partial charge in [-0.1, -0.05) is 36.0 Å². The molecule has 44 heavy (non-hydrogen) atoms. The largest absolute Gasteiger partial charge is 0.394 e. The van der Waals surface area contributed by atoms with E-state index in [1.807, 2.05) is 34.0 Å². The molecular weight excluding hydrogens is 604 g/mol. The van der Waals surface area contributed by atoms with Crippen molar-refractivity contribution in [3.8, 4) is 12.8 Å². The van der Waals surface area contributed by atoms with Gasteiger partial charge in [-0.25, -0.2) is 0 Å². The lowest BCUT2D eigenvalue weighted by atomic mass is 10.0. The Labute approximate surface area is 274 Å². The lowest BCUT2D eigenvalue weighted by Crippen LogP contribution is -2.53. The molecule has 13 heteroatoms. The third-order valence-corrected chi connectivity index (χ3v) is 6.51. The zero-order valence-corrected chi connectivity index (χ0v) is 28.7. The van der Waals surface area contributed by atoms with Crippen LogP contribution in [0.1, 0.15) is 40.0 Å². The molecule has 1 saturated heterocycles. The number of nitrogens with two attached hydrogens (primary N) is 2. The van der Waals surface area contributed by atoms with Gasteiger partial charge in [0.15, 0.2) is 4.99 Å². The number of hydrogen-bond donors (Lipinski definition) is 4. The predicted molar refractivity (Wildman–Crippen MR) is 182 cm³/mol. The fourth-order valence-electron chi connectivity index (χ4n) is 3.91. The first-order valence-corrected chi connectivity index (χ1v) is 14.9. The van der Waals surface area contributed by atoms with E-state index in [-0.39, 0.29) is 34.5 Å². The SMILES string of the molecule is C#C.C/C=C(/C=C(\N)C(N)=O)\C=C(/C)Cl.C/C=C(\CCN(C)C)NC(=S)C(=O)N[C@H]1CCCN(C(=O)C(COC)COC)C1. The highest BCUT2D eigenvalue weighted by Crippen LogP contribution is 2.14. The van der Waals surface area contributed by atoms with Crippen molar-refractivity contribution < 1.29 is 23.9 Å². The highest BCUT2D eigenvalue weighted by Gasteiger charge is 2.30. The molecule has 3 amide bonds. The standard InChI is InChI=1S/C20H36N4O4S.C9H13ClN2O.C2H2/c1-6-16(9-11-23(2)3)22-19(29)18(25)21-17-8-7-10-24(12-17)20(26)15(13-27-4)14-28-5;1-3-7(4-6(2)10)5-8(11)9(12)13;1-2/h6,15,17H,7-14H2,1-5H3,(H,21,25)(H,22,29);3-5H,11H2,1-2H3,(H2,12,13);1-2H/b16-6+;6-4+,7-3+,8-5-;/t17-;;/m0../s1. The average Bonchev–Trinajstić information content (AvgIpc) is 2.99. The summed E-state index contributed by atoms with van der Waals surface area (Å²) in [5, 5.41) is 6.61. The lowest BCUT2D eigenvalue weighted by Gasteiger charge is -2.35. The summed E-state index contributed by atoms with van der Waals surface area (Å²) in [6.07, 6.45) is 17.3. The third-order valence-electron chi connectivity index (χ3n) is 6.12. The van der Waals surface area contributed by atoms with Crippen LogP contribution in [-0.4, -0.2) is 99.7 Å². The molecule has 1 rings (SSSR count). The lowest BCUT2D eigenvalue weighted by molar-refractivity contribution is -0.141. The number of halogens is 1. The molecule has 11 nitrogen and oxygen atoms in total. The quantitative estimate of drug-likeness (QED) is 0.102. The van der Waals surface area contributed by atoms with Crippen molar-refractivity contribution in [3.63, 3.8) is 0 Å². The van der Waals surface area contributed by atoms with E-state index in [0.29, 0.717) is 31.3 Å². The topological polar surface area (TPSA) is 152 Å². The Morgan fingerprint density at radius 2 is 1.70 bits per heavy atom. The molecule has 0 radical (unpaired) electrons. The van der Waals surface area contributed by atoms with E-state index in [1.165, 1.54) is 6.08 Å². The van der Waals surface area contributed by atoms with Crippen LogP contribution in [0, 0.1) is 18.8 Å². The summed E-state index contributed by atoms with van der Waals surface area (Å²) in [5.74, 6) is -1.29. The number of hydrogen-bond acceptors (Lipinski definition) is 8. The number of rotatable bonds is 13. The molecular formula is C31H51ClN6O5S. The maximum Gasteiger partial charge on any atom is 0.279 e. The molecule has 0 bridgehead atoms. The van der Waals surface area contributed by atoms with Gasteiger partial charge >= 0.3 is 0 Å². The third kappa shape index (κ3) is 19.1. The molecule has 0 aromatic carbocycles. The fourth-order valence-corrected chi connectivity index (χ4v) is 4.23. The summed E-state index contributed by atoms with van der Waals surface area (Å²) in [5.41, 5.74) is 12.0. The molecule has 0 aromatic heterocycles. The van der Waals surface area contributed by atoms with E-state index < -0.39 is 5.91 Å². The Balaban J connectivity index is 0. The number of allylic oxidation sites excluding steroid dienone is 6. The highest BCUT2D eigenvalue weighted by molar-refractivity contribution is 7.82. The Bertz CT molecular complexity index is 1060. The molecule has 0 saturated carbocycles. The number of terminal acetylenes is 1. The Morgan fingerprint density at radius 3 is 2.16 bits per heavy atom. The van der Waals surface area contributed by atoms with Gasteiger partial charge in [-0.05, 0) is 71.9 Å². The number of amides is 3. The molecule has 1 fully saturated rings. The summed E-state index contributed by atoms with van der Waals surface area (Å²) in [6.45, 7) is 8.09. The van der Waals surface area contributed by atoms with Crippen molar-refractivity contribution >= 4 is 46.5 Å². The highest BCUT2D eigenvalue weighted by atomic mass is 35.5. The number of ether oxygens (including phenoxy) is 2. The van der Waals surface area contributed by atoms with E-state index in [2.05, 4.69) is 28.4 Å². The van der Waals surface area contributed by atoms with Crippen LogP contribution in [0.4, 0.5) is 0 Å². The molecule has 0 spiro atoms. The number of carbonyl (C=O) groups excluding carboxylic acids is 3. The summed E-state index contributed by atoms with van der Waals surface area (Å²) in [6, 6.07) is -0.124. The van der Waals surface area contributed by atoms with Gasteiger partial charge in [0.1, 0.15) is 0 Å². The maximum absolute atomic E-state index is 12.8. The second kappa shape index (κ2) is 25.2. The fraction of sp³-hybridized carbons (Fsp3) is 0.548. The van der Waals surface area contributed by atoms with Crippen molar-refractivity contribution in [2.75, 3.05) is 61.2 Å². The van der Waals surface area contributed by atoms with Crippen molar-refractivity contribution in [1.29, 1.82) is 0 Å². The van der Waals surface area contributed by atoms with Gasteiger partial charge in [0.05, 0.1) is 24.8 Å². The zero-order valence-electron chi connectivity index (χ0n) is 27.2. The van der Waals surface area contributed by atoms with E-state index in [1.54, 1.807) is 38.2 Å². The minimum absolute atomic E-state index is 0.00626. The van der Waals surface area contributed by atoms with Crippen LogP contribution in [0.15, 0.2) is 46.3 Å². The van der Waals surface area contributed by atoms with Crippen LogP contribution in [0.5, 0.6) is 0 Å². The predicted octanol–water partition coefficient (Wildman–Crippen LogP) is 2.43. The zero-order chi connectivity index (χ0) is 34.2. The van der Waals surface area contributed by atoms with Crippen LogP contribution in [0.25, 0.3) is 0 Å². The number of primary amides is 1. The van der Waals surface area contributed by atoms with Crippen molar-refractivity contribution in [2.45, 2.75) is 46.1 Å². The van der Waals surface area contributed by atoms with Gasteiger partial charge in [0.25, 0.3) is 11.8 Å². The molecule has 0 aromatic rings. The Hall–Kier alpha value is -3.21. The molecule has 6 N–H and O–H groups in total. The number of piperidine rings is 1. The van der Waals surface area contributed by atoms with Crippen LogP contribution >= 0.6 is 23.8 Å². The monoisotopic (exact) mass is 654 g/mol. The number of carbonyl (C=O) groups is 3. The van der Waals surface area contributed by atoms with Crippen LogP contribution < -0.4 is 22.1 Å². The second-order valence-electron chi connectivity index (χ2n) is 10.0. The summed E-state index contributed by atoms with van der Waals surface area (Å²) >= 11 is 10.9. The summed E-state index contributed by atoms with van der Waals surface area (Å²) in [4.78, 5) is 39.9. The molecule has 248 valence electrons. The Kier molecular flexibility index (Phi) is 24.5. The van der Waals surface area contributed by atoms with Crippen LogP contribution in [0.3, 0.4) is 0 Å². The van der Waals surface area contributed by atoms with E-state index in [0.717, 1.165) is 37.1 Å². The molecule has 0 aliphatic carbocycles. The molecule has 0 unspecified atom stereocenters. The summed E-state index contributed by atoms with van der Waals surface area (Å²) < 4.78 is 10.3.